The third-order valence-electron chi connectivity index (χ3n) is 7.66. The molecular weight excluding hydrogens is 510 g/mol. The van der Waals surface area contributed by atoms with Gasteiger partial charge in [-0.2, -0.15) is 10.2 Å². The topological polar surface area (TPSA) is 134 Å². The minimum atomic E-state index is -0.126. The van der Waals surface area contributed by atoms with Gasteiger partial charge in [0.05, 0.1) is 49.6 Å². The molecule has 0 N–H and O–H groups in total. The van der Waals surface area contributed by atoms with Crippen molar-refractivity contribution in [3.63, 3.8) is 0 Å². The van der Waals surface area contributed by atoms with Crippen molar-refractivity contribution < 1.29 is 4.74 Å². The van der Waals surface area contributed by atoms with E-state index < -0.39 is 0 Å². The summed E-state index contributed by atoms with van der Waals surface area (Å²) in [6, 6.07) is 0.449. The lowest BCUT2D eigenvalue weighted by atomic mass is 10.1. The molecule has 0 bridgehead atoms. The van der Waals surface area contributed by atoms with E-state index in [9.17, 15) is 0 Å². The largest absolute Gasteiger partial charge is 0.373 e. The number of hydrogen-bond acceptors (Lipinski definition) is 11. The van der Waals surface area contributed by atoms with Crippen LogP contribution < -0.4 is 4.90 Å². The van der Waals surface area contributed by atoms with Gasteiger partial charge in [0, 0.05) is 61.6 Å². The number of piperidine rings is 1. The number of aromatic nitrogens is 11. The lowest BCUT2D eigenvalue weighted by molar-refractivity contribution is 0.0273. The van der Waals surface area contributed by atoms with E-state index in [1.807, 2.05) is 31.8 Å². The van der Waals surface area contributed by atoms with E-state index in [4.69, 9.17) is 9.72 Å². The monoisotopic (exact) mass is 541 g/mol. The molecule has 0 amide bonds. The minimum absolute atomic E-state index is 0.126. The van der Waals surface area contributed by atoms with Crippen LogP contribution in [0.4, 0.5) is 5.95 Å². The second kappa shape index (κ2) is 10.4. The summed E-state index contributed by atoms with van der Waals surface area (Å²) >= 11 is 0. The van der Waals surface area contributed by atoms with E-state index in [2.05, 4.69) is 63.2 Å². The van der Waals surface area contributed by atoms with Crippen LogP contribution in [0.2, 0.25) is 0 Å². The van der Waals surface area contributed by atoms with Crippen LogP contribution in [-0.2, 0) is 18.3 Å². The molecule has 0 aromatic carbocycles. The average molecular weight is 542 g/mol. The van der Waals surface area contributed by atoms with Crippen LogP contribution >= 0.6 is 0 Å². The highest BCUT2D eigenvalue weighted by Gasteiger charge is 2.25. The summed E-state index contributed by atoms with van der Waals surface area (Å²) < 4.78 is 11.7. The van der Waals surface area contributed by atoms with E-state index in [0.29, 0.717) is 49.5 Å². The SMILES string of the molecule is CN1CCC(n2cc(-c3cnc(N4CCO[C@H](Cn5nnc6ncc(-c7cnn(C)c7)nc65)C4)nc3)cn2)CC1. The molecule has 5 aromatic rings. The predicted molar refractivity (Wildman–Crippen MR) is 146 cm³/mol. The maximum absolute atomic E-state index is 6.07. The van der Waals surface area contributed by atoms with Crippen LogP contribution in [0.15, 0.2) is 43.4 Å². The van der Waals surface area contributed by atoms with Crippen LogP contribution in [0.3, 0.4) is 0 Å². The van der Waals surface area contributed by atoms with Gasteiger partial charge in [0.25, 0.3) is 0 Å². The Morgan fingerprint density at radius 3 is 2.50 bits per heavy atom. The van der Waals surface area contributed by atoms with Crippen molar-refractivity contribution in [2.24, 2.45) is 7.05 Å². The van der Waals surface area contributed by atoms with E-state index in [1.165, 1.54) is 0 Å². The molecule has 14 heteroatoms. The van der Waals surface area contributed by atoms with Gasteiger partial charge < -0.3 is 14.5 Å². The van der Waals surface area contributed by atoms with E-state index in [0.717, 1.165) is 48.3 Å². The number of rotatable bonds is 6. The normalized spacial score (nSPS) is 19.1. The second-order valence-corrected chi connectivity index (χ2v) is 10.5. The molecule has 0 saturated carbocycles. The molecule has 0 aliphatic carbocycles. The highest BCUT2D eigenvalue weighted by Crippen LogP contribution is 2.25. The van der Waals surface area contributed by atoms with Crippen LogP contribution in [0.5, 0.6) is 0 Å². The van der Waals surface area contributed by atoms with Crippen LogP contribution in [-0.4, -0.2) is 105 Å². The molecule has 2 aliphatic rings. The third kappa shape index (κ3) is 4.91. The van der Waals surface area contributed by atoms with Crippen molar-refractivity contribution in [2.45, 2.75) is 31.5 Å². The predicted octanol–water partition coefficient (Wildman–Crippen LogP) is 1.45. The van der Waals surface area contributed by atoms with Gasteiger partial charge in [0.15, 0.2) is 5.65 Å². The Morgan fingerprint density at radius 2 is 1.70 bits per heavy atom. The van der Waals surface area contributed by atoms with Gasteiger partial charge in [-0.05, 0) is 33.0 Å². The molecule has 2 saturated heterocycles. The highest BCUT2D eigenvalue weighted by atomic mass is 16.5. The summed E-state index contributed by atoms with van der Waals surface area (Å²) in [6.45, 7) is 4.61. The summed E-state index contributed by atoms with van der Waals surface area (Å²) in [5.74, 6) is 0.682. The summed E-state index contributed by atoms with van der Waals surface area (Å²) in [6.07, 6.45) is 15.2. The number of nitrogens with zero attached hydrogens (tertiary/aromatic N) is 13. The van der Waals surface area contributed by atoms with Crippen molar-refractivity contribution in [1.82, 2.24) is 59.4 Å². The van der Waals surface area contributed by atoms with Gasteiger partial charge in [0.2, 0.25) is 11.6 Å². The third-order valence-corrected chi connectivity index (χ3v) is 7.66. The number of likely N-dealkylation sites (tertiary alicyclic amines) is 1. The van der Waals surface area contributed by atoms with Crippen molar-refractivity contribution in [3.8, 4) is 22.4 Å². The summed E-state index contributed by atoms with van der Waals surface area (Å²) in [5.41, 5.74) is 4.72. The lowest BCUT2D eigenvalue weighted by Crippen LogP contribution is -2.45. The second-order valence-electron chi connectivity index (χ2n) is 10.5. The Balaban J connectivity index is 1.03. The first kappa shape index (κ1) is 24.7. The van der Waals surface area contributed by atoms with Crippen molar-refractivity contribution >= 4 is 17.2 Å². The van der Waals surface area contributed by atoms with Gasteiger partial charge in [-0.1, -0.05) is 5.21 Å². The molecule has 2 aliphatic heterocycles. The molecule has 1 atom stereocenters. The Kier molecular flexibility index (Phi) is 6.40. The molecule has 40 heavy (non-hydrogen) atoms. The summed E-state index contributed by atoms with van der Waals surface area (Å²) in [7, 11) is 4.04. The molecule has 14 nitrogen and oxygen atoms in total. The van der Waals surface area contributed by atoms with Crippen molar-refractivity contribution in [3.05, 3.63) is 43.4 Å². The molecule has 7 rings (SSSR count). The quantitative estimate of drug-likeness (QED) is 0.309. The number of hydrogen-bond donors (Lipinski definition) is 0. The average Bonchev–Trinajstić information content (AvgIpc) is 3.74. The standard InChI is InChI=1S/C26H31N13O/c1-35-5-3-21(4-6-35)38-15-19(11-31-38)18-9-28-26(29-10-18)37-7-8-40-22(16-37)17-39-25-24(33-34-39)27-13-23(32-25)20-12-30-36(2)14-20/h9-15,21-22H,3-8,16-17H2,1-2H3/t22-/m0/s1. The Hall–Kier alpha value is -4.30. The fourth-order valence-corrected chi connectivity index (χ4v) is 5.36. The number of fused-ring (bicyclic) bond motifs is 1. The van der Waals surface area contributed by atoms with Crippen LogP contribution in [0.1, 0.15) is 18.9 Å². The number of anilines is 1. The first-order valence-electron chi connectivity index (χ1n) is 13.6. The minimum Gasteiger partial charge on any atom is -0.373 e. The Morgan fingerprint density at radius 1 is 0.875 bits per heavy atom. The lowest BCUT2D eigenvalue weighted by Gasteiger charge is -2.32. The zero-order valence-electron chi connectivity index (χ0n) is 22.6. The van der Waals surface area contributed by atoms with E-state index in [1.54, 1.807) is 21.8 Å². The van der Waals surface area contributed by atoms with Crippen molar-refractivity contribution in [1.29, 1.82) is 0 Å². The molecule has 0 radical (unpaired) electrons. The molecule has 2 fully saturated rings. The molecule has 0 spiro atoms. The molecular formula is C26H31N13O. The fraction of sp³-hybridized carbons (Fsp3) is 0.462. The maximum Gasteiger partial charge on any atom is 0.225 e. The van der Waals surface area contributed by atoms with Crippen LogP contribution in [0, 0.1) is 0 Å². The highest BCUT2D eigenvalue weighted by molar-refractivity contribution is 5.69. The summed E-state index contributed by atoms with van der Waals surface area (Å²) in [5, 5.41) is 17.3. The van der Waals surface area contributed by atoms with Gasteiger partial charge in [-0.25, -0.2) is 24.6 Å². The number of aryl methyl sites for hydroxylation is 1. The van der Waals surface area contributed by atoms with Gasteiger partial charge in [0.1, 0.15) is 0 Å². The van der Waals surface area contributed by atoms with Gasteiger partial charge in [-0.3, -0.25) is 9.36 Å². The van der Waals surface area contributed by atoms with Crippen molar-refractivity contribution in [2.75, 3.05) is 44.7 Å². The molecule has 7 heterocycles. The van der Waals surface area contributed by atoms with E-state index >= 15 is 0 Å². The number of ether oxygens (including phenoxy) is 1. The molecule has 206 valence electrons. The first-order chi connectivity index (χ1) is 19.6. The van der Waals surface area contributed by atoms with Gasteiger partial charge >= 0.3 is 0 Å². The van der Waals surface area contributed by atoms with Crippen LogP contribution in [0.25, 0.3) is 33.7 Å². The molecule has 5 aromatic heterocycles. The maximum atomic E-state index is 6.07. The zero-order valence-corrected chi connectivity index (χ0v) is 22.6. The smallest absolute Gasteiger partial charge is 0.225 e. The molecule has 0 unspecified atom stereocenters. The first-order valence-corrected chi connectivity index (χ1v) is 13.6. The van der Waals surface area contributed by atoms with Gasteiger partial charge in [-0.15, -0.1) is 5.10 Å². The Bertz CT molecular complexity index is 1600. The fourth-order valence-electron chi connectivity index (χ4n) is 5.36. The number of morpholine rings is 1. The summed E-state index contributed by atoms with van der Waals surface area (Å²) in [4.78, 5) is 23.1. The Labute approximate surface area is 230 Å². The van der Waals surface area contributed by atoms with E-state index in [-0.39, 0.29) is 6.10 Å². The zero-order chi connectivity index (χ0) is 27.1.